The molecule has 4 nitrogen and oxygen atoms in total. The summed E-state index contributed by atoms with van der Waals surface area (Å²) in [6, 6.07) is 13.8. The van der Waals surface area contributed by atoms with Gasteiger partial charge in [0.05, 0.1) is 5.92 Å². The van der Waals surface area contributed by atoms with Crippen LogP contribution in [0.5, 0.6) is 0 Å². The lowest BCUT2D eigenvalue weighted by Crippen LogP contribution is -2.24. The first-order valence-corrected chi connectivity index (χ1v) is 6.29. The van der Waals surface area contributed by atoms with Crippen molar-refractivity contribution in [2.45, 2.75) is 6.42 Å². The van der Waals surface area contributed by atoms with Gasteiger partial charge in [-0.25, -0.2) is 0 Å². The van der Waals surface area contributed by atoms with E-state index < -0.39 is 0 Å². The van der Waals surface area contributed by atoms with Crippen LogP contribution in [0.1, 0.15) is 6.42 Å². The normalized spacial score (nSPS) is 18.3. The third-order valence-electron chi connectivity index (χ3n) is 3.37. The summed E-state index contributed by atoms with van der Waals surface area (Å²) in [6.07, 6.45) is 0.277. The lowest BCUT2D eigenvalue weighted by atomic mass is 10.1. The highest BCUT2D eigenvalue weighted by atomic mass is 16.2. The Bertz CT molecular complexity index is 651. The van der Waals surface area contributed by atoms with Gasteiger partial charge in [0, 0.05) is 18.7 Å². The van der Waals surface area contributed by atoms with Crippen LogP contribution in [0.15, 0.2) is 42.5 Å². The molecule has 0 radical (unpaired) electrons. The predicted molar refractivity (Wildman–Crippen MR) is 73.7 cm³/mol. The Kier molecular flexibility index (Phi) is 2.91. The molecule has 1 aliphatic rings. The number of nitrogens with one attached hydrogen (secondary N) is 2. The molecule has 2 N–H and O–H groups in total. The first-order chi connectivity index (χ1) is 9.22. The summed E-state index contributed by atoms with van der Waals surface area (Å²) in [6.45, 7) is 0.429. The quantitative estimate of drug-likeness (QED) is 0.860. The molecule has 2 aromatic carbocycles. The molecule has 96 valence electrons. The van der Waals surface area contributed by atoms with Crippen molar-refractivity contribution < 1.29 is 9.59 Å². The number of anilines is 1. The van der Waals surface area contributed by atoms with Crippen molar-refractivity contribution in [2.75, 3.05) is 11.9 Å². The third-order valence-corrected chi connectivity index (χ3v) is 3.37. The predicted octanol–water partition coefficient (Wildman–Crippen LogP) is 1.91. The summed E-state index contributed by atoms with van der Waals surface area (Å²) in [4.78, 5) is 23.1. The molecule has 4 heteroatoms. The van der Waals surface area contributed by atoms with Crippen molar-refractivity contribution in [3.8, 4) is 0 Å². The fraction of sp³-hybridized carbons (Fsp3) is 0.200. The van der Waals surface area contributed by atoms with Crippen LogP contribution in [0.3, 0.4) is 0 Å². The van der Waals surface area contributed by atoms with E-state index in [1.54, 1.807) is 0 Å². The van der Waals surface area contributed by atoms with Gasteiger partial charge in [-0.15, -0.1) is 0 Å². The topological polar surface area (TPSA) is 58.2 Å². The van der Waals surface area contributed by atoms with E-state index in [0.29, 0.717) is 6.54 Å². The van der Waals surface area contributed by atoms with Crippen molar-refractivity contribution in [3.63, 3.8) is 0 Å². The average Bonchev–Trinajstić information content (AvgIpc) is 2.85. The first-order valence-electron chi connectivity index (χ1n) is 6.29. The molecule has 2 aromatic rings. The molecule has 0 aromatic heterocycles. The summed E-state index contributed by atoms with van der Waals surface area (Å²) in [5.74, 6) is -0.425. The zero-order valence-corrected chi connectivity index (χ0v) is 10.3. The molecule has 1 atom stereocenters. The van der Waals surface area contributed by atoms with E-state index in [1.807, 2.05) is 42.5 Å². The molecule has 0 aliphatic carbocycles. The molecule has 1 unspecified atom stereocenters. The lowest BCUT2D eigenvalue weighted by molar-refractivity contribution is -0.123. The number of amides is 2. The molecule has 2 amide bonds. The van der Waals surface area contributed by atoms with Gasteiger partial charge < -0.3 is 10.6 Å². The summed E-state index contributed by atoms with van der Waals surface area (Å²) in [7, 11) is 0. The van der Waals surface area contributed by atoms with Crippen molar-refractivity contribution in [2.24, 2.45) is 5.92 Å². The van der Waals surface area contributed by atoms with Crippen LogP contribution < -0.4 is 10.6 Å². The summed E-state index contributed by atoms with van der Waals surface area (Å²) in [5, 5.41) is 7.75. The van der Waals surface area contributed by atoms with E-state index >= 15 is 0 Å². The number of carbonyl (C=O) groups excluding carboxylic acids is 2. The van der Waals surface area contributed by atoms with E-state index in [9.17, 15) is 9.59 Å². The minimum absolute atomic E-state index is 0.0568. The molecule has 1 heterocycles. The number of benzene rings is 2. The van der Waals surface area contributed by atoms with Gasteiger partial charge in [0.15, 0.2) is 0 Å². The second-order valence-electron chi connectivity index (χ2n) is 4.76. The second-order valence-corrected chi connectivity index (χ2v) is 4.76. The Morgan fingerprint density at radius 2 is 1.95 bits per heavy atom. The zero-order valence-electron chi connectivity index (χ0n) is 10.3. The molecule has 0 saturated carbocycles. The van der Waals surface area contributed by atoms with Crippen molar-refractivity contribution in [1.29, 1.82) is 0 Å². The van der Waals surface area contributed by atoms with Crippen LogP contribution >= 0.6 is 0 Å². The lowest BCUT2D eigenvalue weighted by Gasteiger charge is -2.09. The van der Waals surface area contributed by atoms with Crippen molar-refractivity contribution in [1.82, 2.24) is 5.32 Å². The summed E-state index contributed by atoms with van der Waals surface area (Å²) < 4.78 is 0. The first kappa shape index (κ1) is 11.7. The van der Waals surface area contributed by atoms with Crippen LogP contribution in [0.4, 0.5) is 5.69 Å². The summed E-state index contributed by atoms with van der Waals surface area (Å²) >= 11 is 0. The highest BCUT2D eigenvalue weighted by Crippen LogP contribution is 2.20. The molecule has 1 fully saturated rings. The van der Waals surface area contributed by atoms with E-state index in [0.717, 1.165) is 16.5 Å². The van der Waals surface area contributed by atoms with Gasteiger partial charge in [0.25, 0.3) is 0 Å². The van der Waals surface area contributed by atoms with Gasteiger partial charge in [-0.05, 0) is 22.9 Å². The molecule has 0 bridgehead atoms. The monoisotopic (exact) mass is 254 g/mol. The maximum atomic E-state index is 12.0. The molecular formula is C15H14N2O2. The Labute approximate surface area is 110 Å². The van der Waals surface area contributed by atoms with Gasteiger partial charge in [0.2, 0.25) is 11.8 Å². The minimum atomic E-state index is -0.265. The highest BCUT2D eigenvalue weighted by molar-refractivity contribution is 5.98. The van der Waals surface area contributed by atoms with E-state index in [-0.39, 0.29) is 24.2 Å². The van der Waals surface area contributed by atoms with Gasteiger partial charge >= 0.3 is 0 Å². The smallest absolute Gasteiger partial charge is 0.229 e. The maximum Gasteiger partial charge on any atom is 0.229 e. The standard InChI is InChI=1S/C15H14N2O2/c18-14-8-12(9-16-14)15(19)17-13-6-5-10-3-1-2-4-11(10)7-13/h1-7,12H,8-9H2,(H,16,18)(H,17,19). The molecule has 19 heavy (non-hydrogen) atoms. The van der Waals surface area contributed by atoms with Crippen LogP contribution in [-0.4, -0.2) is 18.4 Å². The van der Waals surface area contributed by atoms with Crippen LogP contribution in [0.25, 0.3) is 10.8 Å². The van der Waals surface area contributed by atoms with E-state index in [2.05, 4.69) is 10.6 Å². The number of hydrogen-bond acceptors (Lipinski definition) is 2. The number of rotatable bonds is 2. The van der Waals surface area contributed by atoms with Gasteiger partial charge in [-0.3, -0.25) is 9.59 Å². The van der Waals surface area contributed by atoms with Crippen molar-refractivity contribution >= 4 is 28.3 Å². The molecule has 1 aliphatic heterocycles. The third kappa shape index (κ3) is 2.42. The fourth-order valence-corrected chi connectivity index (χ4v) is 2.30. The fourth-order valence-electron chi connectivity index (χ4n) is 2.30. The number of carbonyl (C=O) groups is 2. The van der Waals surface area contributed by atoms with Crippen LogP contribution in [0.2, 0.25) is 0 Å². The van der Waals surface area contributed by atoms with E-state index in [1.165, 1.54) is 0 Å². The zero-order chi connectivity index (χ0) is 13.2. The Morgan fingerprint density at radius 3 is 2.68 bits per heavy atom. The number of hydrogen-bond donors (Lipinski definition) is 2. The molecular weight excluding hydrogens is 240 g/mol. The Hall–Kier alpha value is -2.36. The largest absolute Gasteiger partial charge is 0.355 e. The van der Waals surface area contributed by atoms with Gasteiger partial charge in [-0.1, -0.05) is 30.3 Å². The molecule has 1 saturated heterocycles. The summed E-state index contributed by atoms with van der Waals surface area (Å²) in [5.41, 5.74) is 0.767. The molecule has 0 spiro atoms. The van der Waals surface area contributed by atoms with Crippen LogP contribution in [-0.2, 0) is 9.59 Å². The number of fused-ring (bicyclic) bond motifs is 1. The SMILES string of the molecule is O=C1CC(C(=O)Nc2ccc3ccccc3c2)CN1. The molecule has 3 rings (SSSR count). The Morgan fingerprint density at radius 1 is 1.16 bits per heavy atom. The average molecular weight is 254 g/mol. The minimum Gasteiger partial charge on any atom is -0.355 e. The Balaban J connectivity index is 1.77. The maximum absolute atomic E-state index is 12.0. The van der Waals surface area contributed by atoms with Gasteiger partial charge in [-0.2, -0.15) is 0 Å². The van der Waals surface area contributed by atoms with Gasteiger partial charge in [0.1, 0.15) is 0 Å². The van der Waals surface area contributed by atoms with Crippen molar-refractivity contribution in [3.05, 3.63) is 42.5 Å². The second kappa shape index (κ2) is 4.72. The van der Waals surface area contributed by atoms with Crippen LogP contribution in [0, 0.1) is 5.92 Å². The van der Waals surface area contributed by atoms with E-state index in [4.69, 9.17) is 0 Å². The highest BCUT2D eigenvalue weighted by Gasteiger charge is 2.27.